The normalized spacial score (nSPS) is 17.7. The van der Waals surface area contributed by atoms with Crippen LogP contribution in [0.2, 0.25) is 0 Å². The lowest BCUT2D eigenvalue weighted by atomic mass is 10.0. The number of phenols is 2. The summed E-state index contributed by atoms with van der Waals surface area (Å²) < 4.78 is 0. The van der Waals surface area contributed by atoms with Crippen molar-refractivity contribution in [2.45, 2.75) is 65.3 Å². The van der Waals surface area contributed by atoms with Crippen LogP contribution in [0.1, 0.15) is 46.2 Å². The molecule has 2 aromatic carbocycles. The molecule has 1 fully saturated rings. The van der Waals surface area contributed by atoms with E-state index in [0.717, 1.165) is 74.4 Å². The summed E-state index contributed by atoms with van der Waals surface area (Å²) in [6.45, 7) is 10.1. The van der Waals surface area contributed by atoms with Crippen molar-refractivity contribution in [1.82, 2.24) is 25.8 Å². The average Bonchev–Trinajstić information content (AvgIpc) is 3.00. The molecule has 230 valence electrons. The van der Waals surface area contributed by atoms with Crippen LogP contribution in [0.15, 0.2) is 24.3 Å². The number of aliphatic hydroxyl groups is 4. The van der Waals surface area contributed by atoms with Gasteiger partial charge in [0.15, 0.2) is 0 Å². The molecule has 3 rings (SSSR count). The number of hydrogen-bond donors (Lipinski definition) is 9. The molecule has 0 aliphatic carbocycles. The molecule has 1 heterocycles. The maximum atomic E-state index is 11.0. The predicted octanol–water partition coefficient (Wildman–Crippen LogP) is 0.203. The summed E-state index contributed by atoms with van der Waals surface area (Å²) in [4.78, 5) is 4.70. The first-order valence-electron chi connectivity index (χ1n) is 14.5. The van der Waals surface area contributed by atoms with E-state index in [-0.39, 0.29) is 24.6 Å². The van der Waals surface area contributed by atoms with Gasteiger partial charge in [-0.3, -0.25) is 20.4 Å². The minimum absolute atomic E-state index is 0.212. The second-order valence-electron chi connectivity index (χ2n) is 11.0. The summed E-state index contributed by atoms with van der Waals surface area (Å²) in [7, 11) is 0. The summed E-state index contributed by atoms with van der Waals surface area (Å²) >= 11 is 0. The molecular formula is C30H49N5O6. The summed E-state index contributed by atoms with van der Waals surface area (Å²) in [5.41, 5.74) is 5.11. The van der Waals surface area contributed by atoms with Gasteiger partial charge in [0.2, 0.25) is 0 Å². The van der Waals surface area contributed by atoms with Crippen molar-refractivity contribution in [2.75, 3.05) is 52.5 Å². The van der Waals surface area contributed by atoms with Gasteiger partial charge < -0.3 is 36.0 Å². The van der Waals surface area contributed by atoms with Crippen LogP contribution in [0.25, 0.3) is 0 Å². The zero-order valence-electron chi connectivity index (χ0n) is 24.4. The van der Waals surface area contributed by atoms with Crippen LogP contribution in [0.5, 0.6) is 11.5 Å². The fraction of sp³-hybridized carbons (Fsp3) is 0.600. The van der Waals surface area contributed by atoms with Crippen molar-refractivity contribution >= 4 is 0 Å². The number of nitrogens with zero attached hydrogens (tertiary/aromatic N) is 2. The summed E-state index contributed by atoms with van der Waals surface area (Å²) in [5.74, 6) is 0.429. The van der Waals surface area contributed by atoms with E-state index >= 15 is 0 Å². The monoisotopic (exact) mass is 575 g/mol. The lowest BCUT2D eigenvalue weighted by molar-refractivity contribution is 0.0663. The Morgan fingerprint density at radius 3 is 1.61 bits per heavy atom. The largest absolute Gasteiger partial charge is 0.507 e. The van der Waals surface area contributed by atoms with Crippen LogP contribution < -0.4 is 16.0 Å². The SMILES string of the molecule is Cc1cc(CNC(O)CO)c(O)c(CN2CCCNCCN(Cc3cc(C)cc(CNC(O)CO)c3O)CCC2)c1. The van der Waals surface area contributed by atoms with Crippen LogP contribution in [0.3, 0.4) is 0 Å². The topological polar surface area (TPSA) is 164 Å². The lowest BCUT2D eigenvalue weighted by Gasteiger charge is -2.26. The fourth-order valence-electron chi connectivity index (χ4n) is 5.29. The molecule has 2 atom stereocenters. The molecule has 0 amide bonds. The van der Waals surface area contributed by atoms with Crippen LogP contribution in [0.4, 0.5) is 0 Å². The maximum absolute atomic E-state index is 11.0. The Morgan fingerprint density at radius 1 is 0.683 bits per heavy atom. The first-order valence-corrected chi connectivity index (χ1v) is 14.5. The van der Waals surface area contributed by atoms with Gasteiger partial charge in [-0.05, 0) is 52.9 Å². The Balaban J connectivity index is 1.66. The summed E-state index contributed by atoms with van der Waals surface area (Å²) in [5, 5.41) is 68.6. The highest BCUT2D eigenvalue weighted by atomic mass is 16.3. The number of phenolic OH excluding ortho intramolecular Hbond substituents is 2. The molecule has 0 bridgehead atoms. The number of aliphatic hydroxyl groups excluding tert-OH is 4. The van der Waals surface area contributed by atoms with E-state index in [4.69, 9.17) is 10.2 Å². The van der Waals surface area contributed by atoms with Gasteiger partial charge in [0.25, 0.3) is 0 Å². The standard InChI is InChI=1S/C30H49N5O6/c1-21-11-23(15-32-27(38)19-36)29(40)25(13-21)17-34-7-3-5-31-6-10-35(9-4-8-34)18-26-14-22(2)12-24(30(26)41)16-33-28(39)20-37/h11-14,27-28,31-33,36-41H,3-10,15-20H2,1-2H3. The highest BCUT2D eigenvalue weighted by Crippen LogP contribution is 2.28. The van der Waals surface area contributed by atoms with E-state index < -0.39 is 25.7 Å². The molecule has 2 aromatic rings. The van der Waals surface area contributed by atoms with Crippen molar-refractivity contribution < 1.29 is 30.6 Å². The highest BCUT2D eigenvalue weighted by molar-refractivity contribution is 5.44. The molecule has 2 unspecified atom stereocenters. The van der Waals surface area contributed by atoms with Gasteiger partial charge in [0.1, 0.15) is 24.0 Å². The molecule has 41 heavy (non-hydrogen) atoms. The van der Waals surface area contributed by atoms with Gasteiger partial charge in [0.05, 0.1) is 13.2 Å². The van der Waals surface area contributed by atoms with Crippen LogP contribution in [-0.2, 0) is 26.2 Å². The molecule has 1 saturated heterocycles. The predicted molar refractivity (Wildman–Crippen MR) is 158 cm³/mol. The molecule has 9 N–H and O–H groups in total. The number of aromatic hydroxyl groups is 2. The van der Waals surface area contributed by atoms with E-state index in [1.165, 1.54) is 0 Å². The molecule has 11 heteroatoms. The quantitative estimate of drug-likeness (QED) is 0.159. The third-order valence-corrected chi connectivity index (χ3v) is 7.40. The third-order valence-electron chi connectivity index (χ3n) is 7.40. The Bertz CT molecular complexity index is 1000. The van der Waals surface area contributed by atoms with Gasteiger partial charge in [-0.1, -0.05) is 35.4 Å². The fourth-order valence-corrected chi connectivity index (χ4v) is 5.29. The minimum Gasteiger partial charge on any atom is -0.507 e. The van der Waals surface area contributed by atoms with E-state index in [0.29, 0.717) is 24.2 Å². The van der Waals surface area contributed by atoms with E-state index in [1.54, 1.807) is 0 Å². The molecule has 1 aliphatic rings. The van der Waals surface area contributed by atoms with Crippen LogP contribution >= 0.6 is 0 Å². The Morgan fingerprint density at radius 2 is 1.12 bits per heavy atom. The van der Waals surface area contributed by atoms with Crippen LogP contribution in [-0.4, -0.2) is 105 Å². The van der Waals surface area contributed by atoms with Crippen molar-refractivity contribution in [3.63, 3.8) is 0 Å². The average molecular weight is 576 g/mol. The van der Waals surface area contributed by atoms with E-state index in [9.17, 15) is 20.4 Å². The first-order chi connectivity index (χ1) is 19.7. The molecule has 1 aliphatic heterocycles. The van der Waals surface area contributed by atoms with Gasteiger partial charge in [-0.25, -0.2) is 0 Å². The number of benzene rings is 2. The summed E-state index contributed by atoms with van der Waals surface area (Å²) in [6.07, 6.45) is -0.169. The molecule has 11 nitrogen and oxygen atoms in total. The van der Waals surface area contributed by atoms with Crippen molar-refractivity contribution in [3.05, 3.63) is 57.6 Å². The molecular weight excluding hydrogens is 526 g/mol. The summed E-state index contributed by atoms with van der Waals surface area (Å²) in [6, 6.07) is 7.78. The number of nitrogens with one attached hydrogen (secondary N) is 3. The van der Waals surface area contributed by atoms with Crippen molar-refractivity contribution in [2.24, 2.45) is 0 Å². The number of rotatable bonds is 12. The van der Waals surface area contributed by atoms with E-state index in [2.05, 4.69) is 25.8 Å². The number of aryl methyl sites for hydroxylation is 2. The highest BCUT2D eigenvalue weighted by Gasteiger charge is 2.17. The first kappa shape index (κ1) is 33.2. The minimum atomic E-state index is -1.04. The lowest BCUT2D eigenvalue weighted by Crippen LogP contribution is -2.33. The van der Waals surface area contributed by atoms with Gasteiger partial charge in [-0.15, -0.1) is 0 Å². The van der Waals surface area contributed by atoms with Crippen LogP contribution in [0, 0.1) is 13.8 Å². The molecule has 0 saturated carbocycles. The Hall–Kier alpha value is -2.32. The zero-order chi connectivity index (χ0) is 29.8. The maximum Gasteiger partial charge on any atom is 0.128 e. The van der Waals surface area contributed by atoms with Crippen molar-refractivity contribution in [3.8, 4) is 11.5 Å². The molecule has 0 aromatic heterocycles. The third kappa shape index (κ3) is 10.8. The second kappa shape index (κ2) is 17.0. The smallest absolute Gasteiger partial charge is 0.128 e. The van der Waals surface area contributed by atoms with Crippen molar-refractivity contribution in [1.29, 1.82) is 0 Å². The van der Waals surface area contributed by atoms with E-state index in [1.807, 2.05) is 38.1 Å². The van der Waals surface area contributed by atoms with Gasteiger partial charge >= 0.3 is 0 Å². The zero-order valence-corrected chi connectivity index (χ0v) is 24.4. The second-order valence-corrected chi connectivity index (χ2v) is 11.0. The van der Waals surface area contributed by atoms with Gasteiger partial charge in [-0.2, -0.15) is 0 Å². The Labute approximate surface area is 243 Å². The van der Waals surface area contributed by atoms with Gasteiger partial charge in [0, 0.05) is 61.5 Å². The Kier molecular flexibility index (Phi) is 13.7. The number of hydrogen-bond acceptors (Lipinski definition) is 11. The molecule has 0 radical (unpaired) electrons. The molecule has 0 spiro atoms.